The van der Waals surface area contributed by atoms with E-state index in [9.17, 15) is 18.0 Å². The maximum atomic E-state index is 13.6. The fourth-order valence-electron chi connectivity index (χ4n) is 4.79. The molecule has 1 saturated heterocycles. The molecule has 0 bridgehead atoms. The number of carbonyl (C=O) groups excluding carboxylic acids is 1. The molecular formula is C28H32F3N3O3. The summed E-state index contributed by atoms with van der Waals surface area (Å²) in [5, 5.41) is 12.3. The van der Waals surface area contributed by atoms with Crippen molar-refractivity contribution in [2.45, 2.75) is 44.6 Å². The number of likely N-dealkylation sites (tertiary alicyclic amines) is 1. The van der Waals surface area contributed by atoms with Crippen molar-refractivity contribution < 1.29 is 27.8 Å². The summed E-state index contributed by atoms with van der Waals surface area (Å²) < 4.78 is 43.5. The van der Waals surface area contributed by atoms with E-state index in [1.807, 2.05) is 40.3 Å². The zero-order chi connectivity index (χ0) is 26.3. The van der Waals surface area contributed by atoms with Crippen molar-refractivity contribution in [3.8, 4) is 16.9 Å². The molecule has 0 saturated carbocycles. The van der Waals surface area contributed by atoms with Crippen LogP contribution in [-0.4, -0.2) is 59.5 Å². The van der Waals surface area contributed by atoms with Gasteiger partial charge in [0.1, 0.15) is 11.4 Å². The first kappa shape index (κ1) is 26.8. The van der Waals surface area contributed by atoms with Gasteiger partial charge in [0.25, 0.3) is 5.91 Å². The molecule has 0 radical (unpaired) electrons. The first-order valence-electron chi connectivity index (χ1n) is 12.6. The first-order valence-corrected chi connectivity index (χ1v) is 12.6. The van der Waals surface area contributed by atoms with Crippen LogP contribution in [0.3, 0.4) is 0 Å². The van der Waals surface area contributed by atoms with Crippen LogP contribution in [0.1, 0.15) is 31.2 Å². The number of aliphatic hydroxyl groups excluding tert-OH is 1. The lowest BCUT2D eigenvalue weighted by Crippen LogP contribution is -2.47. The Kier molecular flexibility index (Phi) is 8.89. The van der Waals surface area contributed by atoms with Gasteiger partial charge in [-0.05, 0) is 42.9 Å². The second-order valence-corrected chi connectivity index (χ2v) is 9.12. The van der Waals surface area contributed by atoms with Crippen LogP contribution >= 0.6 is 0 Å². The molecule has 0 aliphatic carbocycles. The van der Waals surface area contributed by atoms with E-state index in [1.165, 1.54) is 12.1 Å². The highest BCUT2D eigenvalue weighted by Crippen LogP contribution is 2.36. The summed E-state index contributed by atoms with van der Waals surface area (Å²) >= 11 is 0. The summed E-state index contributed by atoms with van der Waals surface area (Å²) in [6.45, 7) is 2.19. The smallest absolute Gasteiger partial charge is 0.405 e. The van der Waals surface area contributed by atoms with Crippen LogP contribution in [0.25, 0.3) is 11.1 Å². The minimum atomic E-state index is -4.80. The van der Waals surface area contributed by atoms with Gasteiger partial charge in [-0.3, -0.25) is 4.79 Å². The Morgan fingerprint density at radius 1 is 1.03 bits per heavy atom. The van der Waals surface area contributed by atoms with Crippen molar-refractivity contribution in [2.75, 3.05) is 26.2 Å². The molecule has 2 aromatic carbocycles. The van der Waals surface area contributed by atoms with E-state index in [4.69, 9.17) is 5.11 Å². The minimum Gasteiger partial charge on any atom is -0.405 e. The fraction of sp³-hybridized carbons (Fsp3) is 0.393. The molecule has 2 aliphatic heterocycles. The lowest BCUT2D eigenvalue weighted by Gasteiger charge is -2.35. The van der Waals surface area contributed by atoms with Crippen LogP contribution in [0.5, 0.6) is 5.75 Å². The monoisotopic (exact) mass is 515 g/mol. The lowest BCUT2D eigenvalue weighted by molar-refractivity contribution is -0.274. The number of nitrogens with one attached hydrogen (secondary N) is 1. The summed E-state index contributed by atoms with van der Waals surface area (Å²) in [5.74, 6) is -0.316. The highest BCUT2D eigenvalue weighted by atomic mass is 19.4. The third-order valence-corrected chi connectivity index (χ3v) is 6.57. The summed E-state index contributed by atoms with van der Waals surface area (Å²) in [6.07, 6.45) is 4.19. The number of amides is 1. The van der Waals surface area contributed by atoms with E-state index in [2.05, 4.69) is 10.1 Å². The molecule has 2 aliphatic rings. The molecule has 198 valence electrons. The van der Waals surface area contributed by atoms with Gasteiger partial charge in [0, 0.05) is 44.0 Å². The van der Waals surface area contributed by atoms with E-state index in [1.54, 1.807) is 24.3 Å². The number of halogens is 3. The Morgan fingerprint density at radius 2 is 1.73 bits per heavy atom. The molecule has 0 spiro atoms. The number of benzene rings is 2. The number of aliphatic hydroxyl groups is 1. The van der Waals surface area contributed by atoms with E-state index < -0.39 is 6.36 Å². The fourth-order valence-corrected chi connectivity index (χ4v) is 4.79. The van der Waals surface area contributed by atoms with E-state index in [0.717, 1.165) is 31.2 Å². The summed E-state index contributed by atoms with van der Waals surface area (Å²) in [7, 11) is 0. The zero-order valence-corrected chi connectivity index (χ0v) is 20.6. The first-order chi connectivity index (χ1) is 17.9. The molecule has 2 heterocycles. The Morgan fingerprint density at radius 3 is 2.46 bits per heavy atom. The third kappa shape index (κ3) is 7.14. The molecule has 2 N–H and O–H groups in total. The summed E-state index contributed by atoms with van der Waals surface area (Å²) in [4.78, 5) is 17.3. The maximum absolute atomic E-state index is 13.6. The molecule has 6 nitrogen and oxygen atoms in total. The van der Waals surface area contributed by atoms with Crippen LogP contribution in [0, 0.1) is 0 Å². The summed E-state index contributed by atoms with van der Waals surface area (Å²) in [5.41, 5.74) is 2.30. The van der Waals surface area contributed by atoms with Gasteiger partial charge in [0.05, 0.1) is 6.61 Å². The second-order valence-electron chi connectivity index (χ2n) is 9.12. The van der Waals surface area contributed by atoms with Crippen molar-refractivity contribution in [3.05, 3.63) is 78.1 Å². The van der Waals surface area contributed by atoms with E-state index in [-0.39, 0.29) is 24.3 Å². The topological polar surface area (TPSA) is 65.0 Å². The number of piperidine rings is 1. The predicted octanol–water partition coefficient (Wildman–Crippen LogP) is 4.82. The number of hydrogen-bond acceptors (Lipinski definition) is 5. The summed E-state index contributed by atoms with van der Waals surface area (Å²) in [6, 6.07) is 13.6. The molecule has 4 rings (SSSR count). The number of rotatable bonds is 8. The normalized spacial score (nSPS) is 16.9. The number of hydrogen-bond donors (Lipinski definition) is 2. The Labute approximate surface area is 215 Å². The van der Waals surface area contributed by atoms with Gasteiger partial charge < -0.3 is 25.0 Å². The zero-order valence-electron chi connectivity index (χ0n) is 20.6. The number of allylic oxidation sites excluding steroid dienone is 2. The van der Waals surface area contributed by atoms with E-state index >= 15 is 0 Å². The minimum absolute atomic E-state index is 0.0505. The van der Waals surface area contributed by atoms with Crippen molar-refractivity contribution >= 4 is 5.91 Å². The van der Waals surface area contributed by atoms with Gasteiger partial charge in [-0.25, -0.2) is 0 Å². The van der Waals surface area contributed by atoms with E-state index in [0.29, 0.717) is 43.0 Å². The maximum Gasteiger partial charge on any atom is 0.573 e. The number of para-hydroxylation sites is 1. The quantitative estimate of drug-likeness (QED) is 0.528. The molecule has 0 aromatic heterocycles. The van der Waals surface area contributed by atoms with Gasteiger partial charge >= 0.3 is 6.36 Å². The van der Waals surface area contributed by atoms with Crippen molar-refractivity contribution in [3.63, 3.8) is 0 Å². The van der Waals surface area contributed by atoms with Gasteiger partial charge in [0.2, 0.25) is 0 Å². The molecule has 0 unspecified atom stereocenters. The standard InChI is InChI=1S/C28H32F3N3O3/c29-28(30,31)37-26-12-6-5-10-24(26)23-9-4-3-8-21(23)20-34-16-7-1-2-11-25(34)27(36)33-17-13-22(14-18-33)32-15-19-35/h3-12,16,22,32,35H,1-2,13-15,17-20H2. The molecule has 1 fully saturated rings. The largest absolute Gasteiger partial charge is 0.573 e. The van der Waals surface area contributed by atoms with Crippen LogP contribution in [0.4, 0.5) is 13.2 Å². The SMILES string of the molecule is O=C(C1=CCCC=CN1Cc1ccccc1-c1ccccc1OC(F)(F)F)N1CCC(NCCO)CC1. The lowest BCUT2D eigenvalue weighted by atomic mass is 9.98. The van der Waals surface area contributed by atoms with Crippen molar-refractivity contribution in [2.24, 2.45) is 0 Å². The van der Waals surface area contributed by atoms with Gasteiger partial charge in [-0.1, -0.05) is 54.6 Å². The van der Waals surface area contributed by atoms with Gasteiger partial charge in [-0.15, -0.1) is 13.2 Å². The average molecular weight is 516 g/mol. The Bertz CT molecular complexity index is 1120. The molecule has 9 heteroatoms. The Balaban J connectivity index is 1.56. The molecular weight excluding hydrogens is 483 g/mol. The third-order valence-electron chi connectivity index (χ3n) is 6.57. The van der Waals surface area contributed by atoms with Gasteiger partial charge in [0.15, 0.2) is 0 Å². The van der Waals surface area contributed by atoms with Crippen molar-refractivity contribution in [1.29, 1.82) is 0 Å². The van der Waals surface area contributed by atoms with Crippen molar-refractivity contribution in [1.82, 2.24) is 15.1 Å². The molecule has 1 amide bonds. The number of alkyl halides is 3. The number of carbonyl (C=O) groups is 1. The highest BCUT2D eigenvalue weighted by Gasteiger charge is 2.32. The molecule has 37 heavy (non-hydrogen) atoms. The van der Waals surface area contributed by atoms with Crippen LogP contribution < -0.4 is 10.1 Å². The van der Waals surface area contributed by atoms with Crippen LogP contribution in [0.15, 0.2) is 72.6 Å². The highest BCUT2D eigenvalue weighted by molar-refractivity contribution is 5.93. The van der Waals surface area contributed by atoms with Gasteiger partial charge in [-0.2, -0.15) is 0 Å². The number of ether oxygens (including phenoxy) is 1. The van der Waals surface area contributed by atoms with Crippen LogP contribution in [0.2, 0.25) is 0 Å². The predicted molar refractivity (Wildman–Crippen MR) is 135 cm³/mol. The molecule has 2 aromatic rings. The van der Waals surface area contributed by atoms with Crippen LogP contribution in [-0.2, 0) is 11.3 Å². The molecule has 0 atom stereocenters. The second kappa shape index (κ2) is 12.3. The average Bonchev–Trinajstić information content (AvgIpc) is 3.13. The number of nitrogens with zero attached hydrogens (tertiary/aromatic N) is 2. The Hall–Kier alpha value is -3.30.